The van der Waals surface area contributed by atoms with Crippen LogP contribution in [0, 0.1) is 5.92 Å². The molecule has 0 aromatic carbocycles. The van der Waals surface area contributed by atoms with Crippen molar-refractivity contribution >= 4 is 0 Å². The predicted molar refractivity (Wildman–Crippen MR) is 74.1 cm³/mol. The maximum absolute atomic E-state index is 12.6. The van der Waals surface area contributed by atoms with E-state index in [0.29, 0.717) is 25.2 Å². The van der Waals surface area contributed by atoms with Gasteiger partial charge in [0.05, 0.1) is 18.1 Å². The first-order valence-electron chi connectivity index (χ1n) is 8.18. The number of likely N-dealkylation sites (tertiary alicyclic amines) is 1. The molecule has 3 aliphatic rings. The van der Waals surface area contributed by atoms with Crippen LogP contribution < -0.4 is 5.32 Å². The first kappa shape index (κ1) is 15.6. The van der Waals surface area contributed by atoms with Gasteiger partial charge in [0, 0.05) is 19.1 Å². The predicted octanol–water partition coefficient (Wildman–Crippen LogP) is 2.56. The lowest BCUT2D eigenvalue weighted by Crippen LogP contribution is -2.42. The fourth-order valence-corrected chi connectivity index (χ4v) is 3.38. The zero-order valence-corrected chi connectivity index (χ0v) is 12.4. The van der Waals surface area contributed by atoms with Crippen LogP contribution in [0.5, 0.6) is 0 Å². The van der Waals surface area contributed by atoms with Crippen molar-refractivity contribution in [3.63, 3.8) is 0 Å². The number of nitrogens with zero attached hydrogens (tertiary/aromatic N) is 1. The molecule has 6 heteroatoms. The fraction of sp³-hybridized carbons (Fsp3) is 1.00. The van der Waals surface area contributed by atoms with Gasteiger partial charge in [0.1, 0.15) is 0 Å². The number of hydrogen-bond acceptors (Lipinski definition) is 3. The molecule has 21 heavy (non-hydrogen) atoms. The maximum atomic E-state index is 12.6. The van der Waals surface area contributed by atoms with E-state index >= 15 is 0 Å². The monoisotopic (exact) mass is 306 g/mol. The third kappa shape index (κ3) is 4.57. The molecule has 1 aliphatic carbocycles. The van der Waals surface area contributed by atoms with Gasteiger partial charge in [-0.15, -0.1) is 0 Å². The molecule has 2 unspecified atom stereocenters. The Bertz CT molecular complexity index is 338. The molecule has 0 spiro atoms. The number of rotatable bonds is 5. The van der Waals surface area contributed by atoms with Crippen molar-refractivity contribution in [1.29, 1.82) is 0 Å². The average Bonchev–Trinajstić information content (AvgIpc) is 3.16. The van der Waals surface area contributed by atoms with E-state index in [2.05, 4.69) is 10.2 Å². The first-order valence-corrected chi connectivity index (χ1v) is 8.18. The minimum atomic E-state index is -4.02. The van der Waals surface area contributed by atoms with Crippen LogP contribution >= 0.6 is 0 Å². The van der Waals surface area contributed by atoms with Crippen LogP contribution in [0.25, 0.3) is 0 Å². The molecule has 0 bridgehead atoms. The Labute approximate surface area is 124 Å². The summed E-state index contributed by atoms with van der Waals surface area (Å²) < 4.78 is 43.9. The first-order chi connectivity index (χ1) is 10.0. The Kier molecular flexibility index (Phi) is 4.76. The molecule has 3 nitrogen and oxygen atoms in total. The lowest BCUT2D eigenvalue weighted by Gasteiger charge is -2.34. The van der Waals surface area contributed by atoms with Gasteiger partial charge in [0.25, 0.3) is 0 Å². The van der Waals surface area contributed by atoms with Gasteiger partial charge in [0.2, 0.25) is 0 Å². The van der Waals surface area contributed by atoms with Crippen LogP contribution in [-0.2, 0) is 4.74 Å². The SMILES string of the molecule is FC(F)(F)C1CCN(CC2CCC(CNC3CC3)O2)CC1. The summed E-state index contributed by atoms with van der Waals surface area (Å²) in [4.78, 5) is 2.14. The highest BCUT2D eigenvalue weighted by Gasteiger charge is 2.41. The number of ether oxygens (including phenoxy) is 1. The lowest BCUT2D eigenvalue weighted by atomic mass is 9.96. The Hall–Kier alpha value is -0.330. The van der Waals surface area contributed by atoms with Gasteiger partial charge in [-0.2, -0.15) is 13.2 Å². The third-order valence-electron chi connectivity index (χ3n) is 4.92. The van der Waals surface area contributed by atoms with E-state index < -0.39 is 12.1 Å². The molecule has 0 amide bonds. The quantitative estimate of drug-likeness (QED) is 0.845. The second kappa shape index (κ2) is 6.42. The van der Waals surface area contributed by atoms with Crippen LogP contribution in [0.15, 0.2) is 0 Å². The molecule has 2 aliphatic heterocycles. The van der Waals surface area contributed by atoms with Crippen molar-refractivity contribution in [3.8, 4) is 0 Å². The Morgan fingerprint density at radius 1 is 0.952 bits per heavy atom. The van der Waals surface area contributed by atoms with E-state index in [1.165, 1.54) is 12.8 Å². The molecular weight excluding hydrogens is 281 g/mol. The van der Waals surface area contributed by atoms with Gasteiger partial charge < -0.3 is 15.0 Å². The standard InChI is InChI=1S/C15H25F3N2O/c16-15(17,18)11-5-7-20(8-6-11)10-14-4-3-13(21-14)9-19-12-1-2-12/h11-14,19H,1-10H2. The zero-order valence-electron chi connectivity index (χ0n) is 12.4. The summed E-state index contributed by atoms with van der Waals surface area (Å²) in [6.45, 7) is 2.83. The van der Waals surface area contributed by atoms with E-state index in [1.54, 1.807) is 0 Å². The van der Waals surface area contributed by atoms with Crippen LogP contribution in [-0.4, -0.2) is 55.5 Å². The van der Waals surface area contributed by atoms with Crippen molar-refractivity contribution in [1.82, 2.24) is 10.2 Å². The number of halogens is 3. The van der Waals surface area contributed by atoms with Crippen LogP contribution in [0.2, 0.25) is 0 Å². The lowest BCUT2D eigenvalue weighted by molar-refractivity contribution is -0.185. The highest BCUT2D eigenvalue weighted by Crippen LogP contribution is 2.34. The van der Waals surface area contributed by atoms with Crippen molar-refractivity contribution in [2.24, 2.45) is 5.92 Å². The van der Waals surface area contributed by atoms with Gasteiger partial charge in [-0.1, -0.05) is 0 Å². The minimum absolute atomic E-state index is 0.207. The highest BCUT2D eigenvalue weighted by molar-refractivity contribution is 4.85. The molecule has 0 aromatic heterocycles. The molecule has 0 aromatic rings. The molecule has 2 heterocycles. The van der Waals surface area contributed by atoms with E-state index in [0.717, 1.165) is 25.9 Å². The largest absolute Gasteiger partial charge is 0.391 e. The summed E-state index contributed by atoms with van der Waals surface area (Å²) in [7, 11) is 0. The number of nitrogens with one attached hydrogen (secondary N) is 1. The Morgan fingerprint density at radius 2 is 1.62 bits per heavy atom. The van der Waals surface area contributed by atoms with Crippen LogP contribution in [0.4, 0.5) is 13.2 Å². The van der Waals surface area contributed by atoms with E-state index in [1.807, 2.05) is 0 Å². The van der Waals surface area contributed by atoms with Crippen LogP contribution in [0.1, 0.15) is 38.5 Å². The summed E-state index contributed by atoms with van der Waals surface area (Å²) in [6.07, 6.45) is 1.64. The van der Waals surface area contributed by atoms with E-state index in [9.17, 15) is 13.2 Å². The fourth-order valence-electron chi connectivity index (χ4n) is 3.38. The molecule has 2 atom stereocenters. The van der Waals surface area contributed by atoms with E-state index in [4.69, 9.17) is 4.74 Å². The van der Waals surface area contributed by atoms with Crippen molar-refractivity contribution < 1.29 is 17.9 Å². The van der Waals surface area contributed by atoms with Gasteiger partial charge in [-0.05, 0) is 51.6 Å². The topological polar surface area (TPSA) is 24.5 Å². The second-order valence-corrected chi connectivity index (χ2v) is 6.76. The summed E-state index contributed by atoms with van der Waals surface area (Å²) in [5.41, 5.74) is 0. The van der Waals surface area contributed by atoms with Crippen molar-refractivity contribution in [2.75, 3.05) is 26.2 Å². The summed E-state index contributed by atoms with van der Waals surface area (Å²) in [5, 5.41) is 3.48. The second-order valence-electron chi connectivity index (χ2n) is 6.76. The van der Waals surface area contributed by atoms with E-state index in [-0.39, 0.29) is 18.9 Å². The molecule has 2 saturated heterocycles. The molecule has 122 valence electrons. The summed E-state index contributed by atoms with van der Waals surface area (Å²) >= 11 is 0. The van der Waals surface area contributed by atoms with Crippen molar-refractivity contribution in [2.45, 2.75) is 63.0 Å². The summed E-state index contributed by atoms with van der Waals surface area (Å²) in [5.74, 6) is -1.10. The maximum Gasteiger partial charge on any atom is 0.391 e. The average molecular weight is 306 g/mol. The zero-order chi connectivity index (χ0) is 14.9. The molecule has 0 radical (unpaired) electrons. The molecule has 1 saturated carbocycles. The van der Waals surface area contributed by atoms with Crippen LogP contribution in [0.3, 0.4) is 0 Å². The third-order valence-corrected chi connectivity index (χ3v) is 4.92. The molecule has 3 rings (SSSR count). The van der Waals surface area contributed by atoms with Gasteiger partial charge >= 0.3 is 6.18 Å². The van der Waals surface area contributed by atoms with Gasteiger partial charge in [-0.3, -0.25) is 0 Å². The summed E-state index contributed by atoms with van der Waals surface area (Å²) in [6, 6.07) is 0.703. The highest BCUT2D eigenvalue weighted by atomic mass is 19.4. The molecule has 3 fully saturated rings. The molecular formula is C15H25F3N2O. The number of hydrogen-bond donors (Lipinski definition) is 1. The van der Waals surface area contributed by atoms with Gasteiger partial charge in [0.15, 0.2) is 0 Å². The molecule has 1 N–H and O–H groups in total. The number of piperidine rings is 1. The Morgan fingerprint density at radius 3 is 2.24 bits per heavy atom. The van der Waals surface area contributed by atoms with Crippen molar-refractivity contribution in [3.05, 3.63) is 0 Å². The Balaban J connectivity index is 1.34. The normalized spacial score (nSPS) is 32.7. The smallest absolute Gasteiger partial charge is 0.372 e. The minimum Gasteiger partial charge on any atom is -0.372 e. The number of alkyl halides is 3. The van der Waals surface area contributed by atoms with Gasteiger partial charge in [-0.25, -0.2) is 0 Å².